The first-order valence-corrected chi connectivity index (χ1v) is 8.37. The highest BCUT2D eigenvalue weighted by molar-refractivity contribution is 7.16. The van der Waals surface area contributed by atoms with Crippen molar-refractivity contribution in [2.45, 2.75) is 6.10 Å². The Kier molecular flexibility index (Phi) is 4.99. The first-order valence-electron chi connectivity index (χ1n) is 7.17. The molecule has 1 aromatic carbocycles. The molecule has 0 aliphatic heterocycles. The first-order chi connectivity index (χ1) is 11.6. The second-order valence-corrected chi connectivity index (χ2v) is 6.81. The van der Waals surface area contributed by atoms with Crippen LogP contribution in [0.15, 0.2) is 51.7 Å². The Morgan fingerprint density at radius 1 is 1.33 bits per heavy atom. The van der Waals surface area contributed by atoms with Crippen LogP contribution in [-0.2, 0) is 4.74 Å². The number of methoxy groups -OCH3 is 1. The third kappa shape index (κ3) is 3.51. The largest absolute Gasteiger partial charge is 0.422 e. The average Bonchev–Trinajstić information content (AvgIpc) is 3.01. The normalized spacial score (nSPS) is 12.2. The van der Waals surface area contributed by atoms with Crippen molar-refractivity contribution in [3.05, 3.63) is 67.7 Å². The molecule has 0 fully saturated rings. The SMILES string of the molecule is COC(CNC(=O)c1cc2ccccc2oc1=O)c1ccc(Cl)s1. The number of carbonyl (C=O) groups is 1. The molecule has 3 rings (SSSR count). The number of fused-ring (bicyclic) bond motifs is 1. The summed E-state index contributed by atoms with van der Waals surface area (Å²) in [4.78, 5) is 25.2. The van der Waals surface area contributed by atoms with Crippen LogP contribution < -0.4 is 10.9 Å². The lowest BCUT2D eigenvalue weighted by molar-refractivity contribution is 0.0835. The van der Waals surface area contributed by atoms with Gasteiger partial charge in [-0.25, -0.2) is 4.79 Å². The van der Waals surface area contributed by atoms with Crippen molar-refractivity contribution in [3.8, 4) is 0 Å². The molecule has 0 aliphatic rings. The number of nitrogens with one attached hydrogen (secondary N) is 1. The van der Waals surface area contributed by atoms with Crippen molar-refractivity contribution in [3.63, 3.8) is 0 Å². The summed E-state index contributed by atoms with van der Waals surface area (Å²) in [5.41, 5.74) is -0.255. The lowest BCUT2D eigenvalue weighted by atomic mass is 10.1. The minimum Gasteiger partial charge on any atom is -0.422 e. The predicted molar refractivity (Wildman–Crippen MR) is 93.9 cm³/mol. The van der Waals surface area contributed by atoms with Crippen molar-refractivity contribution in [2.75, 3.05) is 13.7 Å². The molecular weight excluding hydrogens is 350 g/mol. The Hall–Kier alpha value is -2.15. The van der Waals surface area contributed by atoms with E-state index in [-0.39, 0.29) is 18.2 Å². The van der Waals surface area contributed by atoms with Gasteiger partial charge in [0.05, 0.1) is 4.34 Å². The summed E-state index contributed by atoms with van der Waals surface area (Å²) >= 11 is 7.30. The average molecular weight is 364 g/mol. The Bertz CT molecular complexity index is 933. The highest BCUT2D eigenvalue weighted by atomic mass is 35.5. The number of hydrogen-bond donors (Lipinski definition) is 1. The summed E-state index contributed by atoms with van der Waals surface area (Å²) in [6.45, 7) is 0.221. The first kappa shape index (κ1) is 16.7. The Balaban J connectivity index is 1.77. The molecule has 2 heterocycles. The number of halogens is 1. The van der Waals surface area contributed by atoms with Crippen molar-refractivity contribution < 1.29 is 13.9 Å². The molecule has 0 spiro atoms. The van der Waals surface area contributed by atoms with Gasteiger partial charge in [-0.3, -0.25) is 4.79 Å². The number of rotatable bonds is 5. The van der Waals surface area contributed by atoms with Gasteiger partial charge in [0.1, 0.15) is 17.3 Å². The van der Waals surface area contributed by atoms with Crippen LogP contribution in [0.2, 0.25) is 4.34 Å². The highest BCUT2D eigenvalue weighted by Crippen LogP contribution is 2.28. The summed E-state index contributed by atoms with van der Waals surface area (Å²) in [7, 11) is 1.55. The molecule has 0 bridgehead atoms. The molecule has 1 atom stereocenters. The number of ether oxygens (including phenoxy) is 1. The third-order valence-corrected chi connectivity index (χ3v) is 4.85. The van der Waals surface area contributed by atoms with Crippen LogP contribution in [-0.4, -0.2) is 19.6 Å². The van der Waals surface area contributed by atoms with Crippen molar-refractivity contribution in [2.24, 2.45) is 0 Å². The monoisotopic (exact) mass is 363 g/mol. The third-order valence-electron chi connectivity index (χ3n) is 3.53. The number of amides is 1. The fourth-order valence-electron chi connectivity index (χ4n) is 2.30. The van der Waals surface area contributed by atoms with Crippen molar-refractivity contribution in [1.29, 1.82) is 0 Å². The molecule has 0 saturated heterocycles. The number of para-hydroxylation sites is 1. The van der Waals surface area contributed by atoms with Crippen molar-refractivity contribution >= 4 is 39.8 Å². The van der Waals surface area contributed by atoms with E-state index in [4.69, 9.17) is 20.8 Å². The second kappa shape index (κ2) is 7.17. The zero-order valence-corrected chi connectivity index (χ0v) is 14.3. The molecule has 3 aromatic rings. The van der Waals surface area contributed by atoms with E-state index in [9.17, 15) is 9.59 Å². The molecule has 1 unspecified atom stereocenters. The molecule has 24 heavy (non-hydrogen) atoms. The number of benzene rings is 1. The molecule has 0 aliphatic carbocycles. The fourth-order valence-corrected chi connectivity index (χ4v) is 3.44. The zero-order valence-electron chi connectivity index (χ0n) is 12.7. The van der Waals surface area contributed by atoms with E-state index < -0.39 is 11.5 Å². The van der Waals surface area contributed by atoms with Crippen LogP contribution >= 0.6 is 22.9 Å². The lowest BCUT2D eigenvalue weighted by Gasteiger charge is -2.14. The predicted octanol–water partition coefficient (Wildman–Crippen LogP) is 3.63. The van der Waals surface area contributed by atoms with Crippen LogP contribution in [0.1, 0.15) is 21.3 Å². The molecular formula is C17H14ClNO4S. The van der Waals surface area contributed by atoms with Gasteiger partial charge in [0.25, 0.3) is 5.91 Å². The molecule has 0 saturated carbocycles. The fraction of sp³-hybridized carbons (Fsp3) is 0.176. The molecule has 0 radical (unpaired) electrons. The summed E-state index contributed by atoms with van der Waals surface area (Å²) in [5, 5.41) is 3.39. The quantitative estimate of drug-likeness (QED) is 0.703. The Morgan fingerprint density at radius 2 is 2.12 bits per heavy atom. The van der Waals surface area contributed by atoms with Crippen LogP contribution in [0.3, 0.4) is 0 Å². The number of hydrogen-bond acceptors (Lipinski definition) is 5. The molecule has 2 aromatic heterocycles. The number of thiophene rings is 1. The minimum absolute atomic E-state index is 0.0345. The maximum Gasteiger partial charge on any atom is 0.349 e. The van der Waals surface area contributed by atoms with E-state index in [1.54, 1.807) is 31.4 Å². The van der Waals surface area contributed by atoms with Gasteiger partial charge in [0.2, 0.25) is 0 Å². The van der Waals surface area contributed by atoms with Gasteiger partial charge in [0.15, 0.2) is 0 Å². The summed E-state index contributed by atoms with van der Waals surface area (Å²) in [5.74, 6) is -0.501. The zero-order chi connectivity index (χ0) is 17.1. The van der Waals surface area contributed by atoms with Crippen LogP contribution in [0, 0.1) is 0 Å². The summed E-state index contributed by atoms with van der Waals surface area (Å²) in [6.07, 6.45) is -0.334. The maximum absolute atomic E-state index is 12.3. The van der Waals surface area contributed by atoms with Crippen molar-refractivity contribution in [1.82, 2.24) is 5.32 Å². The highest BCUT2D eigenvalue weighted by Gasteiger charge is 2.17. The topological polar surface area (TPSA) is 68.5 Å². The van der Waals surface area contributed by atoms with E-state index in [0.717, 1.165) is 4.88 Å². The molecule has 5 nitrogen and oxygen atoms in total. The van der Waals surface area contributed by atoms with E-state index in [1.165, 1.54) is 17.4 Å². The van der Waals surface area contributed by atoms with Crippen LogP contribution in [0.5, 0.6) is 0 Å². The van der Waals surface area contributed by atoms with Gasteiger partial charge in [-0.15, -0.1) is 11.3 Å². The molecule has 1 N–H and O–H groups in total. The van der Waals surface area contributed by atoms with E-state index >= 15 is 0 Å². The maximum atomic E-state index is 12.3. The van der Waals surface area contributed by atoms with Crippen LogP contribution in [0.25, 0.3) is 11.0 Å². The summed E-state index contributed by atoms with van der Waals surface area (Å²) < 4.78 is 11.2. The van der Waals surface area contributed by atoms with Gasteiger partial charge >= 0.3 is 5.63 Å². The lowest BCUT2D eigenvalue weighted by Crippen LogP contribution is -2.32. The smallest absolute Gasteiger partial charge is 0.349 e. The van der Waals surface area contributed by atoms with Crippen LogP contribution in [0.4, 0.5) is 0 Å². The Labute approximate surface area is 146 Å². The summed E-state index contributed by atoms with van der Waals surface area (Å²) in [6, 6.07) is 12.2. The molecule has 1 amide bonds. The van der Waals surface area contributed by atoms with E-state index in [2.05, 4.69) is 5.32 Å². The molecule has 124 valence electrons. The van der Waals surface area contributed by atoms with Gasteiger partial charge in [0, 0.05) is 23.9 Å². The Morgan fingerprint density at radius 3 is 2.83 bits per heavy atom. The van der Waals surface area contributed by atoms with Gasteiger partial charge in [-0.05, 0) is 24.3 Å². The van der Waals surface area contributed by atoms with Gasteiger partial charge in [-0.2, -0.15) is 0 Å². The van der Waals surface area contributed by atoms with E-state index in [1.807, 2.05) is 12.1 Å². The molecule has 7 heteroatoms. The van der Waals surface area contributed by atoms with Gasteiger partial charge in [-0.1, -0.05) is 29.8 Å². The van der Waals surface area contributed by atoms with Gasteiger partial charge < -0.3 is 14.5 Å². The standard InChI is InChI=1S/C17H14ClNO4S/c1-22-13(14-6-7-15(18)24-14)9-19-16(20)11-8-10-4-2-3-5-12(10)23-17(11)21/h2-8,13H,9H2,1H3,(H,19,20). The number of carbonyl (C=O) groups excluding carboxylic acids is 1. The minimum atomic E-state index is -0.667. The second-order valence-electron chi connectivity index (χ2n) is 5.06. The van der Waals surface area contributed by atoms with E-state index in [0.29, 0.717) is 15.3 Å².